The minimum absolute atomic E-state index is 0.0848. The van der Waals surface area contributed by atoms with Crippen LogP contribution in [0.3, 0.4) is 0 Å². The van der Waals surface area contributed by atoms with E-state index in [1.807, 2.05) is 19.2 Å². The molecule has 8 nitrogen and oxygen atoms in total. The summed E-state index contributed by atoms with van der Waals surface area (Å²) < 4.78 is 12.7. The number of anilines is 3. The number of aryl methyl sites for hydroxylation is 1. The van der Waals surface area contributed by atoms with Crippen molar-refractivity contribution >= 4 is 57.4 Å². The fourth-order valence-corrected chi connectivity index (χ4v) is 6.46. The van der Waals surface area contributed by atoms with Gasteiger partial charge in [-0.2, -0.15) is 4.98 Å². The number of likely N-dealkylation sites (tertiary alicyclic amines) is 1. The van der Waals surface area contributed by atoms with Crippen LogP contribution in [0.5, 0.6) is 0 Å². The van der Waals surface area contributed by atoms with Crippen LogP contribution in [0.1, 0.15) is 18.5 Å². The molecule has 11 heteroatoms. The molecule has 3 aliphatic rings. The summed E-state index contributed by atoms with van der Waals surface area (Å²) in [7, 11) is 0.719. The lowest BCUT2D eigenvalue weighted by atomic mass is 10.1. The second-order valence-corrected chi connectivity index (χ2v) is 11.1. The van der Waals surface area contributed by atoms with Crippen molar-refractivity contribution in [3.8, 4) is 0 Å². The molecular weight excluding hydrogens is 483 g/mol. The molecule has 5 rings (SSSR count). The number of rotatable bonds is 4. The van der Waals surface area contributed by atoms with Crippen molar-refractivity contribution in [3.63, 3.8) is 0 Å². The number of amides is 1. The monoisotopic (exact) mass is 508 g/mol. The maximum atomic E-state index is 12.7. The predicted molar refractivity (Wildman–Crippen MR) is 132 cm³/mol. The standard InChI is InChI=1S/C22H26Cl2N6O2S/c1-28-13-16(2-3-19(28)31)25-21-20-18(4-9-33(20)32)26-22(27-21)30-7-5-29(6-8-30)17-11-14(23)10-15(24)12-17/h10-12,16H,2-9,13H2,1H3,(H,25,26,27)/t16-,33?/m0/s1. The zero-order chi connectivity index (χ0) is 23.1. The van der Waals surface area contributed by atoms with Crippen LogP contribution in [0.15, 0.2) is 23.1 Å². The number of aromatic nitrogens is 2. The van der Waals surface area contributed by atoms with Gasteiger partial charge < -0.3 is 20.0 Å². The van der Waals surface area contributed by atoms with Crippen LogP contribution in [-0.4, -0.2) is 76.6 Å². The molecule has 3 aliphatic heterocycles. The molecule has 1 unspecified atom stereocenters. The Morgan fingerprint density at radius 3 is 2.42 bits per heavy atom. The fourth-order valence-electron chi connectivity index (χ4n) is 4.63. The lowest BCUT2D eigenvalue weighted by Crippen LogP contribution is -2.47. The van der Waals surface area contributed by atoms with Gasteiger partial charge in [-0.3, -0.25) is 9.00 Å². The van der Waals surface area contributed by atoms with E-state index in [9.17, 15) is 9.00 Å². The van der Waals surface area contributed by atoms with Gasteiger partial charge in [0.1, 0.15) is 10.7 Å². The number of carbonyl (C=O) groups is 1. The summed E-state index contributed by atoms with van der Waals surface area (Å²) in [5, 5.41) is 4.74. The highest BCUT2D eigenvalue weighted by molar-refractivity contribution is 7.85. The summed E-state index contributed by atoms with van der Waals surface area (Å²) in [6.07, 6.45) is 1.94. The number of halogens is 2. The third kappa shape index (κ3) is 4.76. The van der Waals surface area contributed by atoms with E-state index in [1.54, 1.807) is 11.0 Å². The number of piperazine rings is 1. The molecule has 0 radical (unpaired) electrons. The minimum Gasteiger partial charge on any atom is -0.368 e. The smallest absolute Gasteiger partial charge is 0.227 e. The maximum Gasteiger partial charge on any atom is 0.227 e. The van der Waals surface area contributed by atoms with Crippen LogP contribution in [0, 0.1) is 0 Å². The van der Waals surface area contributed by atoms with Crippen LogP contribution in [-0.2, 0) is 22.0 Å². The quantitative estimate of drug-likeness (QED) is 0.679. The average Bonchev–Trinajstić information content (AvgIpc) is 3.17. The van der Waals surface area contributed by atoms with Crippen molar-refractivity contribution < 1.29 is 9.00 Å². The third-order valence-electron chi connectivity index (χ3n) is 6.42. The topological polar surface area (TPSA) is 81.7 Å². The van der Waals surface area contributed by atoms with Crippen molar-refractivity contribution in [2.75, 3.05) is 60.6 Å². The number of fused-ring (bicyclic) bond motifs is 1. The van der Waals surface area contributed by atoms with Crippen LogP contribution < -0.4 is 15.1 Å². The number of nitrogens with one attached hydrogen (secondary N) is 1. The van der Waals surface area contributed by atoms with Gasteiger partial charge in [-0.05, 0) is 24.6 Å². The lowest BCUT2D eigenvalue weighted by molar-refractivity contribution is -0.132. The Labute approximate surface area is 205 Å². The zero-order valence-corrected chi connectivity index (χ0v) is 20.7. The van der Waals surface area contributed by atoms with Gasteiger partial charge in [0.15, 0.2) is 0 Å². The summed E-state index contributed by atoms with van der Waals surface area (Å²) in [5.41, 5.74) is 1.88. The van der Waals surface area contributed by atoms with Crippen LogP contribution in [0.4, 0.5) is 17.5 Å². The van der Waals surface area contributed by atoms with E-state index in [0.717, 1.165) is 48.9 Å². The van der Waals surface area contributed by atoms with E-state index < -0.39 is 10.8 Å². The van der Waals surface area contributed by atoms with E-state index in [4.69, 9.17) is 33.2 Å². The van der Waals surface area contributed by atoms with Gasteiger partial charge in [-0.1, -0.05) is 23.2 Å². The molecule has 2 atom stereocenters. The van der Waals surface area contributed by atoms with Gasteiger partial charge in [0.05, 0.1) is 16.5 Å². The number of hydrogen-bond donors (Lipinski definition) is 1. The molecule has 2 aromatic rings. The van der Waals surface area contributed by atoms with E-state index in [1.165, 1.54) is 0 Å². The number of carbonyl (C=O) groups excluding carboxylic acids is 1. The Balaban J connectivity index is 1.34. The molecule has 1 aromatic carbocycles. The summed E-state index contributed by atoms with van der Waals surface area (Å²) >= 11 is 12.4. The molecule has 0 aliphatic carbocycles. The van der Waals surface area contributed by atoms with Gasteiger partial charge in [-0.15, -0.1) is 0 Å². The molecular formula is C22H26Cl2N6O2S. The first-order chi connectivity index (χ1) is 15.9. The molecule has 1 amide bonds. The van der Waals surface area contributed by atoms with Gasteiger partial charge >= 0.3 is 0 Å². The molecule has 1 N–H and O–H groups in total. The van der Waals surface area contributed by atoms with Crippen molar-refractivity contribution in [3.05, 3.63) is 33.9 Å². The van der Waals surface area contributed by atoms with Gasteiger partial charge in [0.25, 0.3) is 0 Å². The molecule has 0 spiro atoms. The Hall–Kier alpha value is -2.10. The molecule has 176 valence electrons. The van der Waals surface area contributed by atoms with Crippen molar-refractivity contribution in [1.29, 1.82) is 0 Å². The van der Waals surface area contributed by atoms with Crippen LogP contribution in [0.2, 0.25) is 10.0 Å². The van der Waals surface area contributed by atoms with Crippen LogP contribution >= 0.6 is 23.2 Å². The predicted octanol–water partition coefficient (Wildman–Crippen LogP) is 2.81. The average molecular weight is 509 g/mol. The summed E-state index contributed by atoms with van der Waals surface area (Å²) in [5.74, 6) is 2.06. The van der Waals surface area contributed by atoms with E-state index in [-0.39, 0.29) is 11.9 Å². The lowest BCUT2D eigenvalue weighted by Gasteiger charge is -2.36. The maximum absolute atomic E-state index is 12.7. The van der Waals surface area contributed by atoms with Crippen LogP contribution in [0.25, 0.3) is 0 Å². The normalized spacial score (nSPS) is 23.1. The number of piperidine rings is 1. The fraction of sp³-hybridized carbons (Fsp3) is 0.500. The summed E-state index contributed by atoms with van der Waals surface area (Å²) in [6, 6.07) is 5.68. The van der Waals surface area contributed by atoms with E-state index in [2.05, 4.69) is 15.1 Å². The highest BCUT2D eigenvalue weighted by Crippen LogP contribution is 2.32. The van der Waals surface area contributed by atoms with Gasteiger partial charge in [-0.25, -0.2) is 4.98 Å². The van der Waals surface area contributed by atoms with Gasteiger partial charge in [0, 0.05) is 80.1 Å². The SMILES string of the molecule is CN1C[C@@H](Nc2nc(N3CCN(c4cc(Cl)cc(Cl)c4)CC3)nc3c2S(=O)CC3)CCC1=O. The summed E-state index contributed by atoms with van der Waals surface area (Å²) in [4.78, 5) is 28.4. The molecule has 33 heavy (non-hydrogen) atoms. The molecule has 0 bridgehead atoms. The largest absolute Gasteiger partial charge is 0.368 e. The third-order valence-corrected chi connectivity index (χ3v) is 8.31. The van der Waals surface area contributed by atoms with Crippen molar-refractivity contribution in [2.24, 2.45) is 0 Å². The van der Waals surface area contributed by atoms with Crippen molar-refractivity contribution in [2.45, 2.75) is 30.2 Å². The minimum atomic E-state index is -1.10. The molecule has 2 fully saturated rings. The highest BCUT2D eigenvalue weighted by Gasteiger charge is 2.31. The second kappa shape index (κ2) is 9.27. The van der Waals surface area contributed by atoms with Crippen molar-refractivity contribution in [1.82, 2.24) is 14.9 Å². The van der Waals surface area contributed by atoms with E-state index in [0.29, 0.717) is 47.0 Å². The number of nitrogens with zero attached hydrogens (tertiary/aromatic N) is 5. The molecule has 2 saturated heterocycles. The Bertz CT molecular complexity index is 1090. The molecule has 0 saturated carbocycles. The Morgan fingerprint density at radius 1 is 1.03 bits per heavy atom. The number of likely N-dealkylation sites (N-methyl/N-ethyl adjacent to an activating group) is 1. The Kier molecular flexibility index (Phi) is 6.37. The van der Waals surface area contributed by atoms with Gasteiger partial charge in [0.2, 0.25) is 11.9 Å². The van der Waals surface area contributed by atoms with E-state index >= 15 is 0 Å². The first-order valence-corrected chi connectivity index (χ1v) is 13.2. The number of hydrogen-bond acceptors (Lipinski definition) is 7. The highest BCUT2D eigenvalue weighted by atomic mass is 35.5. The first-order valence-electron chi connectivity index (χ1n) is 11.1. The zero-order valence-electron chi connectivity index (χ0n) is 18.4. The second-order valence-electron chi connectivity index (χ2n) is 8.70. The first kappa shape index (κ1) is 22.7. The summed E-state index contributed by atoms with van der Waals surface area (Å²) in [6.45, 7) is 3.71. The molecule has 4 heterocycles. The Morgan fingerprint density at radius 2 is 1.73 bits per heavy atom. The number of benzene rings is 1. The molecule has 1 aromatic heterocycles.